The van der Waals surface area contributed by atoms with Gasteiger partial charge in [-0.3, -0.25) is 9.59 Å². The molecule has 0 atom stereocenters. The lowest BCUT2D eigenvalue weighted by Gasteiger charge is -2.29. The first-order valence-electron chi connectivity index (χ1n) is 12.1. The monoisotopic (exact) mass is 543 g/mol. The molecule has 3 aromatic heterocycles. The number of halogens is 3. The minimum Gasteiger partial charge on any atom is -0.494 e. The number of Topliss-reactive ketones (excluding diaryl/α,β-unsaturated/α-hetero) is 1. The van der Waals surface area contributed by atoms with Crippen molar-refractivity contribution in [2.24, 2.45) is 0 Å². The maximum atomic E-state index is 13.3. The third-order valence-corrected chi connectivity index (χ3v) is 6.66. The van der Waals surface area contributed by atoms with Gasteiger partial charge in [0.05, 0.1) is 31.4 Å². The number of rotatable bonds is 6. The molecule has 13 heteroatoms. The summed E-state index contributed by atoms with van der Waals surface area (Å²) in [6, 6.07) is 0. The van der Waals surface area contributed by atoms with E-state index in [1.54, 1.807) is 0 Å². The SMILES string of the molecule is COc1ncc(OC)c2c(C(=O)C(=O)N3CCC(=C(C4=CCCC=C4)c4nnc(C(F)(F)F)o4)CC3)c[nH]c12. The van der Waals surface area contributed by atoms with Gasteiger partial charge in [0.25, 0.3) is 11.7 Å². The fourth-order valence-electron chi connectivity index (χ4n) is 4.79. The Balaban J connectivity index is 1.41. The van der Waals surface area contributed by atoms with Crippen LogP contribution in [0.4, 0.5) is 13.2 Å². The second-order valence-electron chi connectivity index (χ2n) is 8.94. The van der Waals surface area contributed by atoms with E-state index in [4.69, 9.17) is 13.9 Å². The van der Waals surface area contributed by atoms with Crippen molar-refractivity contribution >= 4 is 28.2 Å². The first-order valence-corrected chi connectivity index (χ1v) is 12.1. The number of nitrogens with one attached hydrogen (secondary N) is 1. The fraction of sp³-hybridized carbons (Fsp3) is 0.346. The van der Waals surface area contributed by atoms with Gasteiger partial charge in [-0.1, -0.05) is 23.8 Å². The van der Waals surface area contributed by atoms with Gasteiger partial charge in [0, 0.05) is 24.9 Å². The van der Waals surface area contributed by atoms with Crippen LogP contribution >= 0.6 is 0 Å². The molecular formula is C26H24F3N5O5. The van der Waals surface area contributed by atoms with Crippen molar-refractivity contribution in [2.45, 2.75) is 31.9 Å². The van der Waals surface area contributed by atoms with Crippen LogP contribution in [0.25, 0.3) is 16.5 Å². The van der Waals surface area contributed by atoms with E-state index >= 15 is 0 Å². The normalized spacial score (nSPS) is 15.9. The molecule has 204 valence electrons. The highest BCUT2D eigenvalue weighted by Crippen LogP contribution is 2.37. The lowest BCUT2D eigenvalue weighted by atomic mass is 9.90. The van der Waals surface area contributed by atoms with Crippen LogP contribution in [0.5, 0.6) is 11.6 Å². The van der Waals surface area contributed by atoms with Crippen molar-refractivity contribution in [3.8, 4) is 11.6 Å². The van der Waals surface area contributed by atoms with E-state index in [1.807, 2.05) is 18.2 Å². The Morgan fingerprint density at radius 3 is 2.49 bits per heavy atom. The number of ketones is 1. The molecule has 39 heavy (non-hydrogen) atoms. The predicted octanol–water partition coefficient (Wildman–Crippen LogP) is 4.52. The lowest BCUT2D eigenvalue weighted by molar-refractivity contribution is -0.157. The molecule has 0 unspecified atom stereocenters. The highest BCUT2D eigenvalue weighted by Gasteiger charge is 2.39. The van der Waals surface area contributed by atoms with Crippen LogP contribution in [-0.4, -0.2) is 64.1 Å². The highest BCUT2D eigenvalue weighted by molar-refractivity contribution is 6.45. The van der Waals surface area contributed by atoms with Crippen LogP contribution in [0.3, 0.4) is 0 Å². The molecule has 1 aliphatic carbocycles. The number of ether oxygens (including phenoxy) is 2. The molecule has 10 nitrogen and oxygen atoms in total. The zero-order valence-electron chi connectivity index (χ0n) is 21.1. The summed E-state index contributed by atoms with van der Waals surface area (Å²) in [6.45, 7) is 0.371. The van der Waals surface area contributed by atoms with E-state index in [9.17, 15) is 22.8 Å². The number of alkyl halides is 3. The van der Waals surface area contributed by atoms with Gasteiger partial charge in [-0.25, -0.2) is 4.98 Å². The molecule has 1 fully saturated rings. The molecule has 1 N–H and O–H groups in total. The Morgan fingerprint density at radius 2 is 1.87 bits per heavy atom. The van der Waals surface area contributed by atoms with Gasteiger partial charge >= 0.3 is 12.1 Å². The smallest absolute Gasteiger partial charge is 0.470 e. The number of aromatic amines is 1. The number of methoxy groups -OCH3 is 2. The lowest BCUT2D eigenvalue weighted by Crippen LogP contribution is -2.40. The van der Waals surface area contributed by atoms with Gasteiger partial charge in [0.15, 0.2) is 0 Å². The van der Waals surface area contributed by atoms with Crippen LogP contribution in [0.15, 0.2) is 46.2 Å². The summed E-state index contributed by atoms with van der Waals surface area (Å²) in [6.07, 6.45) is 5.88. The second kappa shape index (κ2) is 10.4. The molecule has 1 aliphatic heterocycles. The Morgan fingerprint density at radius 1 is 1.10 bits per heavy atom. The van der Waals surface area contributed by atoms with Crippen LogP contribution in [-0.2, 0) is 11.0 Å². The number of H-pyrrole nitrogens is 1. The third kappa shape index (κ3) is 4.91. The maximum absolute atomic E-state index is 13.3. The van der Waals surface area contributed by atoms with E-state index in [0.717, 1.165) is 18.4 Å². The Bertz CT molecular complexity index is 1520. The van der Waals surface area contributed by atoms with Crippen molar-refractivity contribution in [2.75, 3.05) is 27.3 Å². The molecule has 5 rings (SSSR count). The van der Waals surface area contributed by atoms with Crippen molar-refractivity contribution in [1.82, 2.24) is 25.1 Å². The number of pyridine rings is 1. The average molecular weight is 544 g/mol. The number of hydrogen-bond acceptors (Lipinski definition) is 8. The number of aromatic nitrogens is 4. The largest absolute Gasteiger partial charge is 0.494 e. The maximum Gasteiger partial charge on any atom is 0.470 e. The number of piperidine rings is 1. The number of carbonyl (C=O) groups excluding carboxylic acids is 2. The molecule has 1 saturated heterocycles. The molecule has 0 bridgehead atoms. The van der Waals surface area contributed by atoms with Gasteiger partial charge < -0.3 is 23.8 Å². The van der Waals surface area contributed by atoms with Gasteiger partial charge in [-0.15, -0.1) is 10.2 Å². The Labute approximate surface area is 220 Å². The number of amides is 1. The number of nitrogens with zero attached hydrogens (tertiary/aromatic N) is 4. The molecule has 0 radical (unpaired) electrons. The van der Waals surface area contributed by atoms with Crippen molar-refractivity contribution in [1.29, 1.82) is 0 Å². The topological polar surface area (TPSA) is 123 Å². The molecule has 0 saturated carbocycles. The van der Waals surface area contributed by atoms with Crippen molar-refractivity contribution in [3.63, 3.8) is 0 Å². The summed E-state index contributed by atoms with van der Waals surface area (Å²) in [7, 11) is 2.87. The first kappa shape index (κ1) is 26.2. The molecule has 3 aromatic rings. The molecule has 0 spiro atoms. The summed E-state index contributed by atoms with van der Waals surface area (Å²) < 4.78 is 55.0. The molecular weight excluding hydrogens is 519 g/mol. The minimum atomic E-state index is -4.76. The van der Waals surface area contributed by atoms with Crippen LogP contribution in [0.2, 0.25) is 0 Å². The van der Waals surface area contributed by atoms with E-state index in [2.05, 4.69) is 20.2 Å². The Hall–Kier alpha value is -4.42. The molecule has 2 aliphatic rings. The highest BCUT2D eigenvalue weighted by atomic mass is 19.4. The van der Waals surface area contributed by atoms with Gasteiger partial charge in [0.1, 0.15) is 11.3 Å². The summed E-state index contributed by atoms with van der Waals surface area (Å²) in [5.74, 6) is -2.52. The van der Waals surface area contributed by atoms with E-state index in [-0.39, 0.29) is 30.4 Å². The standard InChI is InChI=1S/C26H24F3N5O5/c1-37-17-13-31-23(38-2)20-19(17)16(12-30-20)21(35)24(36)34-10-8-15(9-11-34)18(14-6-4-3-5-7-14)22-32-33-25(39-22)26(27,28)29/h4,6-7,12-13,30H,3,5,8-11H2,1-2H3. The van der Waals surface area contributed by atoms with Crippen LogP contribution in [0.1, 0.15) is 47.8 Å². The number of hydrogen-bond donors (Lipinski definition) is 1. The van der Waals surface area contributed by atoms with Crippen molar-refractivity contribution in [3.05, 3.63) is 59.1 Å². The predicted molar refractivity (Wildman–Crippen MR) is 132 cm³/mol. The van der Waals surface area contributed by atoms with E-state index < -0.39 is 23.8 Å². The zero-order chi connectivity index (χ0) is 27.7. The number of fused-ring (bicyclic) bond motifs is 1. The van der Waals surface area contributed by atoms with Crippen molar-refractivity contribution < 1.29 is 36.7 Å². The third-order valence-electron chi connectivity index (χ3n) is 6.66. The number of likely N-dealkylation sites (tertiary alicyclic amines) is 1. The van der Waals surface area contributed by atoms with Gasteiger partial charge in [-0.05, 0) is 31.3 Å². The average Bonchev–Trinajstić information content (AvgIpc) is 3.61. The summed E-state index contributed by atoms with van der Waals surface area (Å²) in [5, 5.41) is 7.24. The summed E-state index contributed by atoms with van der Waals surface area (Å²) >= 11 is 0. The van der Waals surface area contributed by atoms with Gasteiger partial charge in [0.2, 0.25) is 11.8 Å². The zero-order valence-corrected chi connectivity index (χ0v) is 21.1. The second-order valence-corrected chi connectivity index (χ2v) is 8.94. The van der Waals surface area contributed by atoms with E-state index in [1.165, 1.54) is 31.5 Å². The van der Waals surface area contributed by atoms with Crippen LogP contribution in [0, 0.1) is 0 Å². The van der Waals surface area contributed by atoms with Crippen LogP contribution < -0.4 is 9.47 Å². The number of carbonyl (C=O) groups is 2. The molecule has 4 heterocycles. The molecule has 0 aromatic carbocycles. The van der Waals surface area contributed by atoms with Gasteiger partial charge in [-0.2, -0.15) is 13.2 Å². The summed E-state index contributed by atoms with van der Waals surface area (Å²) in [4.78, 5) is 35.0. The van der Waals surface area contributed by atoms with E-state index in [0.29, 0.717) is 40.6 Å². The molecule has 1 amide bonds. The minimum absolute atomic E-state index is 0.123. The Kier molecular flexibility index (Phi) is 6.98. The first-order chi connectivity index (χ1) is 18.7. The summed E-state index contributed by atoms with van der Waals surface area (Å²) in [5.41, 5.74) is 2.45. The quantitative estimate of drug-likeness (QED) is 0.356. The number of allylic oxidation sites excluding steroid dienone is 5. The fourth-order valence-corrected chi connectivity index (χ4v) is 4.79.